The van der Waals surface area contributed by atoms with Gasteiger partial charge in [-0.3, -0.25) is 4.68 Å². The minimum atomic E-state index is 0.376. The van der Waals surface area contributed by atoms with Crippen molar-refractivity contribution in [2.24, 2.45) is 7.05 Å². The molecule has 1 fully saturated rings. The van der Waals surface area contributed by atoms with E-state index in [1.54, 1.807) is 6.33 Å². The summed E-state index contributed by atoms with van der Waals surface area (Å²) in [5, 5.41) is 8.88. The van der Waals surface area contributed by atoms with Crippen molar-refractivity contribution in [1.82, 2.24) is 29.6 Å². The second-order valence-electron chi connectivity index (χ2n) is 9.68. The number of fused-ring (bicyclic) bond motifs is 1. The highest BCUT2D eigenvalue weighted by atomic mass is 16.5. The van der Waals surface area contributed by atoms with Crippen molar-refractivity contribution in [3.05, 3.63) is 85.1 Å². The van der Waals surface area contributed by atoms with Crippen molar-refractivity contribution in [3.63, 3.8) is 0 Å². The van der Waals surface area contributed by atoms with E-state index in [2.05, 4.69) is 49.3 Å². The Labute approximate surface area is 216 Å². The third kappa shape index (κ3) is 4.80. The number of ether oxygens (including phenoxy) is 1. The molecule has 0 aliphatic heterocycles. The van der Waals surface area contributed by atoms with Gasteiger partial charge in [0.1, 0.15) is 29.3 Å². The lowest BCUT2D eigenvalue weighted by molar-refractivity contribution is 0.292. The molecule has 1 saturated carbocycles. The summed E-state index contributed by atoms with van der Waals surface area (Å²) in [6, 6.07) is 20.9. The van der Waals surface area contributed by atoms with E-state index in [4.69, 9.17) is 10.5 Å². The fraction of sp³-hybridized carbons (Fsp3) is 0.276. The Bertz CT molecular complexity index is 1480. The Morgan fingerprint density at radius 2 is 1.70 bits per heavy atom. The molecule has 5 aromatic rings. The molecular weight excluding hydrogens is 462 g/mol. The highest BCUT2D eigenvalue weighted by Crippen LogP contribution is 2.38. The summed E-state index contributed by atoms with van der Waals surface area (Å²) in [6.07, 6.45) is 10.0. The molecule has 0 bridgehead atoms. The molecular formula is C29H31N7O. The van der Waals surface area contributed by atoms with E-state index < -0.39 is 0 Å². The smallest absolute Gasteiger partial charge is 0.146 e. The minimum absolute atomic E-state index is 0.376. The summed E-state index contributed by atoms with van der Waals surface area (Å²) in [6.45, 7) is 0.843. The molecule has 37 heavy (non-hydrogen) atoms. The molecule has 188 valence electrons. The first-order valence-electron chi connectivity index (χ1n) is 12.8. The number of rotatable bonds is 7. The van der Waals surface area contributed by atoms with Gasteiger partial charge in [0.25, 0.3) is 0 Å². The second kappa shape index (κ2) is 10.1. The maximum Gasteiger partial charge on any atom is 0.146 e. The molecule has 8 heteroatoms. The van der Waals surface area contributed by atoms with E-state index in [0.29, 0.717) is 17.9 Å². The number of hydrogen-bond donors (Lipinski definition) is 2. The monoisotopic (exact) mass is 493 g/mol. The van der Waals surface area contributed by atoms with Crippen LogP contribution >= 0.6 is 0 Å². The van der Waals surface area contributed by atoms with E-state index in [1.807, 2.05) is 60.4 Å². The van der Waals surface area contributed by atoms with E-state index in [0.717, 1.165) is 65.9 Å². The number of para-hydroxylation sites is 1. The fourth-order valence-electron chi connectivity index (χ4n) is 5.31. The summed E-state index contributed by atoms with van der Waals surface area (Å²) in [4.78, 5) is 8.96. The number of aryl methyl sites for hydroxylation is 1. The molecule has 0 radical (unpaired) electrons. The highest BCUT2D eigenvalue weighted by molar-refractivity contribution is 6.00. The first kappa shape index (κ1) is 23.2. The Balaban J connectivity index is 1.21. The SMILES string of the molecule is Cn1nccc1CN[C@H]1CC[C@@H](n2cc(-c3ccc(Oc4ccccc4)cc3)c3c(N)ncnc32)CC1. The van der Waals surface area contributed by atoms with Crippen LogP contribution in [0.5, 0.6) is 11.5 Å². The minimum Gasteiger partial charge on any atom is -0.457 e. The number of anilines is 1. The van der Waals surface area contributed by atoms with Gasteiger partial charge in [-0.1, -0.05) is 30.3 Å². The van der Waals surface area contributed by atoms with Gasteiger partial charge in [0.05, 0.1) is 11.1 Å². The molecule has 1 aliphatic carbocycles. The number of nitrogens with one attached hydrogen (secondary N) is 1. The van der Waals surface area contributed by atoms with Gasteiger partial charge >= 0.3 is 0 Å². The maximum atomic E-state index is 6.38. The van der Waals surface area contributed by atoms with Crippen LogP contribution in [-0.2, 0) is 13.6 Å². The number of hydrogen-bond acceptors (Lipinski definition) is 6. The number of benzene rings is 2. The summed E-state index contributed by atoms with van der Waals surface area (Å²) in [5.41, 5.74) is 10.6. The molecule has 3 N–H and O–H groups in total. The lowest BCUT2D eigenvalue weighted by atomic mass is 9.91. The molecule has 0 atom stereocenters. The zero-order chi connectivity index (χ0) is 25.2. The molecule has 3 heterocycles. The zero-order valence-electron chi connectivity index (χ0n) is 20.9. The van der Waals surface area contributed by atoms with Crippen LogP contribution in [0, 0.1) is 0 Å². The van der Waals surface area contributed by atoms with Crippen molar-refractivity contribution in [2.45, 2.75) is 44.3 Å². The summed E-state index contributed by atoms with van der Waals surface area (Å²) in [5.74, 6) is 2.12. The molecule has 8 nitrogen and oxygen atoms in total. The largest absolute Gasteiger partial charge is 0.457 e. The van der Waals surface area contributed by atoms with Gasteiger partial charge in [-0.25, -0.2) is 9.97 Å². The lowest BCUT2D eigenvalue weighted by Gasteiger charge is -2.30. The quantitative estimate of drug-likeness (QED) is 0.312. The Morgan fingerprint density at radius 1 is 0.946 bits per heavy atom. The van der Waals surface area contributed by atoms with Gasteiger partial charge in [0, 0.05) is 43.6 Å². The van der Waals surface area contributed by atoms with Crippen molar-refractivity contribution in [3.8, 4) is 22.6 Å². The number of nitrogen functional groups attached to an aromatic ring is 1. The molecule has 2 aromatic carbocycles. The molecule has 0 unspecified atom stereocenters. The van der Waals surface area contributed by atoms with E-state index in [1.165, 1.54) is 5.69 Å². The molecule has 3 aromatic heterocycles. The molecule has 0 saturated heterocycles. The summed E-state index contributed by atoms with van der Waals surface area (Å²) >= 11 is 0. The predicted octanol–water partition coefficient (Wildman–Crippen LogP) is 5.48. The van der Waals surface area contributed by atoms with Gasteiger partial charge in [0.2, 0.25) is 0 Å². The number of aromatic nitrogens is 5. The van der Waals surface area contributed by atoms with Gasteiger partial charge in [0.15, 0.2) is 0 Å². The Morgan fingerprint density at radius 3 is 2.43 bits per heavy atom. The summed E-state index contributed by atoms with van der Waals surface area (Å²) in [7, 11) is 1.99. The average Bonchev–Trinajstić information content (AvgIpc) is 3.53. The van der Waals surface area contributed by atoms with Crippen LogP contribution in [0.3, 0.4) is 0 Å². The van der Waals surface area contributed by atoms with Crippen LogP contribution in [0.15, 0.2) is 79.4 Å². The highest BCUT2D eigenvalue weighted by Gasteiger charge is 2.25. The predicted molar refractivity (Wildman–Crippen MR) is 145 cm³/mol. The topological polar surface area (TPSA) is 95.8 Å². The third-order valence-electron chi connectivity index (χ3n) is 7.37. The molecule has 1 aliphatic rings. The van der Waals surface area contributed by atoms with E-state index in [-0.39, 0.29) is 0 Å². The number of nitrogens with zero attached hydrogens (tertiary/aromatic N) is 5. The fourth-order valence-corrected chi connectivity index (χ4v) is 5.31. The van der Waals surface area contributed by atoms with Crippen molar-refractivity contribution < 1.29 is 4.74 Å². The zero-order valence-corrected chi connectivity index (χ0v) is 20.9. The van der Waals surface area contributed by atoms with Crippen LogP contribution in [0.1, 0.15) is 37.4 Å². The van der Waals surface area contributed by atoms with Crippen molar-refractivity contribution >= 4 is 16.9 Å². The lowest BCUT2D eigenvalue weighted by Crippen LogP contribution is -2.33. The first-order valence-corrected chi connectivity index (χ1v) is 12.8. The van der Waals surface area contributed by atoms with Crippen molar-refractivity contribution in [2.75, 3.05) is 5.73 Å². The van der Waals surface area contributed by atoms with Crippen LogP contribution in [0.25, 0.3) is 22.2 Å². The van der Waals surface area contributed by atoms with Crippen LogP contribution in [-0.4, -0.2) is 30.4 Å². The first-order chi connectivity index (χ1) is 18.2. The standard InChI is InChI=1S/C29H31N7O/c1-35-23(15-16-34-35)17-31-21-9-11-22(12-10-21)36-18-26(27-28(30)32-19-33-29(27)36)20-7-13-25(14-8-20)37-24-5-3-2-4-6-24/h2-8,13-16,18-19,21-22,31H,9-12,17H2,1H3,(H2,30,32,33)/t21-,22+. The van der Waals surface area contributed by atoms with Gasteiger partial charge < -0.3 is 20.4 Å². The van der Waals surface area contributed by atoms with Crippen LogP contribution in [0.4, 0.5) is 5.82 Å². The third-order valence-corrected chi connectivity index (χ3v) is 7.37. The van der Waals surface area contributed by atoms with Gasteiger partial charge in [-0.05, 0) is 61.6 Å². The van der Waals surface area contributed by atoms with Crippen LogP contribution in [0.2, 0.25) is 0 Å². The summed E-state index contributed by atoms with van der Waals surface area (Å²) < 4.78 is 10.2. The van der Waals surface area contributed by atoms with Crippen molar-refractivity contribution in [1.29, 1.82) is 0 Å². The Kier molecular flexibility index (Phi) is 6.32. The van der Waals surface area contributed by atoms with Gasteiger partial charge in [-0.15, -0.1) is 0 Å². The molecule has 0 amide bonds. The molecule has 6 rings (SSSR count). The normalized spacial score (nSPS) is 17.8. The second-order valence-corrected chi connectivity index (χ2v) is 9.68. The Hall–Kier alpha value is -4.17. The van der Waals surface area contributed by atoms with E-state index in [9.17, 15) is 0 Å². The van der Waals surface area contributed by atoms with E-state index >= 15 is 0 Å². The average molecular weight is 494 g/mol. The molecule has 0 spiro atoms. The van der Waals surface area contributed by atoms with Crippen LogP contribution < -0.4 is 15.8 Å². The van der Waals surface area contributed by atoms with Gasteiger partial charge in [-0.2, -0.15) is 5.10 Å². The maximum absolute atomic E-state index is 6.38. The number of nitrogens with two attached hydrogens (primary N) is 1.